The summed E-state index contributed by atoms with van der Waals surface area (Å²) in [5.41, 5.74) is 0.361. The number of piperazine rings is 1. The van der Waals surface area contributed by atoms with Crippen LogP contribution in [-0.4, -0.2) is 36.1 Å². The van der Waals surface area contributed by atoms with Gasteiger partial charge in [-0.15, -0.1) is 0 Å². The Hall–Kier alpha value is -2.08. The summed E-state index contributed by atoms with van der Waals surface area (Å²) in [5, 5.41) is 3.27. The Morgan fingerprint density at radius 1 is 1.10 bits per heavy atom. The van der Waals surface area contributed by atoms with Gasteiger partial charge in [-0.05, 0) is 6.07 Å². The molecular formula is C15H16F2N4. The summed E-state index contributed by atoms with van der Waals surface area (Å²) in [6.45, 7) is 3.50. The molecule has 110 valence electrons. The van der Waals surface area contributed by atoms with Crippen LogP contribution < -0.4 is 10.2 Å². The molecule has 1 aromatic carbocycles. The van der Waals surface area contributed by atoms with Crippen LogP contribution in [0.3, 0.4) is 0 Å². The van der Waals surface area contributed by atoms with Crippen molar-refractivity contribution in [3.63, 3.8) is 0 Å². The molecule has 2 heterocycles. The van der Waals surface area contributed by atoms with Gasteiger partial charge in [-0.1, -0.05) is 24.3 Å². The lowest BCUT2D eigenvalue weighted by atomic mass is 10.1. The van der Waals surface area contributed by atoms with Gasteiger partial charge in [-0.3, -0.25) is 0 Å². The largest absolute Gasteiger partial charge is 0.354 e. The van der Waals surface area contributed by atoms with Crippen LogP contribution in [0.2, 0.25) is 0 Å². The van der Waals surface area contributed by atoms with Crippen molar-refractivity contribution < 1.29 is 8.78 Å². The van der Waals surface area contributed by atoms with Crippen molar-refractivity contribution in [1.29, 1.82) is 0 Å². The summed E-state index contributed by atoms with van der Waals surface area (Å²) in [7, 11) is 0. The second-order valence-electron chi connectivity index (χ2n) is 4.86. The van der Waals surface area contributed by atoms with Gasteiger partial charge in [0.2, 0.25) is 0 Å². The number of hydrogen-bond acceptors (Lipinski definition) is 4. The fraction of sp³-hybridized carbons (Fsp3) is 0.333. The molecule has 1 N–H and O–H groups in total. The van der Waals surface area contributed by atoms with Crippen LogP contribution in [0, 0.1) is 0 Å². The van der Waals surface area contributed by atoms with E-state index in [4.69, 9.17) is 0 Å². The molecule has 1 fully saturated rings. The first-order valence-electron chi connectivity index (χ1n) is 6.92. The quantitative estimate of drug-likeness (QED) is 0.943. The zero-order valence-electron chi connectivity index (χ0n) is 11.5. The van der Waals surface area contributed by atoms with E-state index in [0.29, 0.717) is 11.4 Å². The summed E-state index contributed by atoms with van der Waals surface area (Å²) in [6.07, 6.45) is -0.908. The zero-order valence-corrected chi connectivity index (χ0v) is 11.5. The van der Waals surface area contributed by atoms with E-state index in [9.17, 15) is 8.78 Å². The second-order valence-corrected chi connectivity index (χ2v) is 4.86. The molecule has 0 amide bonds. The lowest BCUT2D eigenvalue weighted by Crippen LogP contribution is -2.43. The first-order chi connectivity index (χ1) is 10.3. The van der Waals surface area contributed by atoms with E-state index >= 15 is 0 Å². The minimum Gasteiger partial charge on any atom is -0.354 e. The minimum atomic E-state index is -2.53. The Morgan fingerprint density at radius 3 is 2.62 bits per heavy atom. The molecule has 0 radical (unpaired) electrons. The van der Waals surface area contributed by atoms with E-state index in [1.54, 1.807) is 24.4 Å². The topological polar surface area (TPSA) is 41.1 Å². The van der Waals surface area contributed by atoms with Gasteiger partial charge in [0.05, 0.1) is 0 Å². The van der Waals surface area contributed by atoms with Crippen LogP contribution >= 0.6 is 0 Å². The SMILES string of the molecule is FC(F)c1ccccc1-c1nccc(N2CCNCC2)n1. The number of benzene rings is 1. The molecule has 1 aliphatic heterocycles. The van der Waals surface area contributed by atoms with Crippen LogP contribution in [0.25, 0.3) is 11.4 Å². The second kappa shape index (κ2) is 6.13. The molecule has 1 aromatic heterocycles. The van der Waals surface area contributed by atoms with Crippen LogP contribution in [0.5, 0.6) is 0 Å². The Morgan fingerprint density at radius 2 is 1.86 bits per heavy atom. The van der Waals surface area contributed by atoms with Gasteiger partial charge >= 0.3 is 0 Å². The van der Waals surface area contributed by atoms with E-state index in [-0.39, 0.29) is 5.56 Å². The number of anilines is 1. The van der Waals surface area contributed by atoms with E-state index in [1.807, 2.05) is 6.07 Å². The van der Waals surface area contributed by atoms with Gasteiger partial charge in [-0.2, -0.15) is 0 Å². The van der Waals surface area contributed by atoms with Gasteiger partial charge in [0.25, 0.3) is 6.43 Å². The van der Waals surface area contributed by atoms with E-state index in [2.05, 4.69) is 20.2 Å². The highest BCUT2D eigenvalue weighted by atomic mass is 19.3. The van der Waals surface area contributed by atoms with Crippen LogP contribution in [0.4, 0.5) is 14.6 Å². The maximum absolute atomic E-state index is 13.1. The summed E-state index contributed by atoms with van der Waals surface area (Å²) < 4.78 is 26.2. The van der Waals surface area contributed by atoms with Gasteiger partial charge < -0.3 is 10.2 Å². The van der Waals surface area contributed by atoms with Crippen LogP contribution in [0.1, 0.15) is 12.0 Å². The summed E-state index contributed by atoms with van der Waals surface area (Å²) in [6, 6.07) is 8.20. The van der Waals surface area contributed by atoms with Crippen molar-refractivity contribution in [3.05, 3.63) is 42.1 Å². The summed E-state index contributed by atoms with van der Waals surface area (Å²) in [5.74, 6) is 1.13. The van der Waals surface area contributed by atoms with Crippen LogP contribution in [0.15, 0.2) is 36.5 Å². The van der Waals surface area contributed by atoms with Gasteiger partial charge in [0.15, 0.2) is 5.82 Å². The lowest BCUT2D eigenvalue weighted by molar-refractivity contribution is 0.152. The molecular weight excluding hydrogens is 274 g/mol. The Kier molecular flexibility index (Phi) is 4.06. The number of nitrogens with zero attached hydrogens (tertiary/aromatic N) is 3. The Labute approximate surface area is 121 Å². The van der Waals surface area contributed by atoms with Crippen molar-refractivity contribution >= 4 is 5.82 Å². The standard InChI is InChI=1S/C15H16F2N4/c16-14(17)11-3-1-2-4-12(11)15-19-6-5-13(20-15)21-9-7-18-8-10-21/h1-6,14,18H,7-10H2. The zero-order chi connectivity index (χ0) is 14.7. The van der Waals surface area contributed by atoms with E-state index in [0.717, 1.165) is 32.0 Å². The van der Waals surface area contributed by atoms with E-state index < -0.39 is 6.43 Å². The molecule has 2 aromatic rings. The summed E-state index contributed by atoms with van der Waals surface area (Å²) >= 11 is 0. The average molecular weight is 290 g/mol. The van der Waals surface area contributed by atoms with Crippen molar-refractivity contribution in [3.8, 4) is 11.4 Å². The number of halogens is 2. The molecule has 0 bridgehead atoms. The lowest BCUT2D eigenvalue weighted by Gasteiger charge is -2.28. The van der Waals surface area contributed by atoms with Crippen molar-refractivity contribution in [2.45, 2.75) is 6.43 Å². The molecule has 0 saturated carbocycles. The molecule has 0 atom stereocenters. The van der Waals surface area contributed by atoms with Gasteiger partial charge in [0.1, 0.15) is 5.82 Å². The normalized spacial score (nSPS) is 15.5. The highest BCUT2D eigenvalue weighted by Crippen LogP contribution is 2.29. The van der Waals surface area contributed by atoms with Gasteiger partial charge in [-0.25, -0.2) is 18.7 Å². The maximum Gasteiger partial charge on any atom is 0.264 e. The predicted octanol–water partition coefficient (Wildman–Crippen LogP) is 2.49. The van der Waals surface area contributed by atoms with Crippen molar-refractivity contribution in [1.82, 2.24) is 15.3 Å². The predicted molar refractivity (Wildman–Crippen MR) is 77.5 cm³/mol. The highest BCUT2D eigenvalue weighted by Gasteiger charge is 2.17. The molecule has 6 heteroatoms. The number of alkyl halides is 2. The number of aromatic nitrogens is 2. The molecule has 1 aliphatic rings. The first kappa shape index (κ1) is 13.9. The number of rotatable bonds is 3. The maximum atomic E-state index is 13.1. The number of hydrogen-bond donors (Lipinski definition) is 1. The van der Waals surface area contributed by atoms with Crippen LogP contribution in [-0.2, 0) is 0 Å². The van der Waals surface area contributed by atoms with Crippen molar-refractivity contribution in [2.24, 2.45) is 0 Å². The third-order valence-electron chi connectivity index (χ3n) is 3.52. The minimum absolute atomic E-state index is 0.0324. The molecule has 0 spiro atoms. The Balaban J connectivity index is 1.96. The molecule has 0 unspecified atom stereocenters. The third-order valence-corrected chi connectivity index (χ3v) is 3.52. The molecule has 3 rings (SSSR count). The average Bonchev–Trinajstić information content (AvgIpc) is 2.56. The third kappa shape index (κ3) is 3.00. The van der Waals surface area contributed by atoms with Gasteiger partial charge in [0, 0.05) is 43.5 Å². The van der Waals surface area contributed by atoms with E-state index in [1.165, 1.54) is 6.07 Å². The molecule has 1 saturated heterocycles. The monoisotopic (exact) mass is 290 g/mol. The highest BCUT2D eigenvalue weighted by molar-refractivity contribution is 5.62. The summed E-state index contributed by atoms with van der Waals surface area (Å²) in [4.78, 5) is 10.8. The molecule has 4 nitrogen and oxygen atoms in total. The van der Waals surface area contributed by atoms with Crippen molar-refractivity contribution in [2.75, 3.05) is 31.1 Å². The molecule has 21 heavy (non-hydrogen) atoms. The fourth-order valence-electron chi connectivity index (χ4n) is 2.44. The first-order valence-corrected chi connectivity index (χ1v) is 6.92. The number of nitrogens with one attached hydrogen (secondary N) is 1. The fourth-order valence-corrected chi connectivity index (χ4v) is 2.44. The smallest absolute Gasteiger partial charge is 0.264 e. The Bertz CT molecular complexity index is 612. The molecule has 0 aliphatic carbocycles.